The minimum absolute atomic E-state index is 0.167. The third kappa shape index (κ3) is 2.54. The van der Waals surface area contributed by atoms with Crippen molar-refractivity contribution in [2.75, 3.05) is 0 Å². The van der Waals surface area contributed by atoms with Crippen LogP contribution >= 0.6 is 0 Å². The number of nitrogens with one attached hydrogen (secondary N) is 1. The Morgan fingerprint density at radius 1 is 1.56 bits per heavy atom. The van der Waals surface area contributed by atoms with Crippen molar-refractivity contribution in [2.24, 2.45) is 5.92 Å². The molecule has 0 unspecified atom stereocenters. The van der Waals surface area contributed by atoms with Crippen molar-refractivity contribution in [3.05, 3.63) is 0 Å². The highest BCUT2D eigenvalue weighted by atomic mass is 16.1. The van der Waals surface area contributed by atoms with Gasteiger partial charge in [-0.3, -0.25) is 4.79 Å². The molecule has 0 spiro atoms. The van der Waals surface area contributed by atoms with E-state index >= 15 is 0 Å². The van der Waals surface area contributed by atoms with Gasteiger partial charge in [-0.15, -0.1) is 0 Å². The van der Waals surface area contributed by atoms with Crippen molar-refractivity contribution in [3.8, 4) is 0 Å². The molecule has 0 aromatic heterocycles. The van der Waals surface area contributed by atoms with Gasteiger partial charge >= 0.3 is 0 Å². The Labute approximate surface area is 57.4 Å². The van der Waals surface area contributed by atoms with Gasteiger partial charge < -0.3 is 5.23 Å². The minimum Gasteiger partial charge on any atom is -0.406 e. The molecule has 0 radical (unpaired) electrons. The van der Waals surface area contributed by atoms with Crippen molar-refractivity contribution in [1.29, 1.82) is 0 Å². The molecule has 52 valence electrons. The average molecular weight is 127 g/mol. The highest BCUT2D eigenvalue weighted by Gasteiger charge is 2.10. The topological polar surface area (TPSA) is 29.1 Å². The summed E-state index contributed by atoms with van der Waals surface area (Å²) >= 11 is 0. The van der Waals surface area contributed by atoms with E-state index in [4.69, 9.17) is 0 Å². The molecular weight excluding hydrogens is 113 g/mol. The second kappa shape index (κ2) is 4.42. The van der Waals surface area contributed by atoms with Crippen LogP contribution in [0, 0.1) is 5.92 Å². The van der Waals surface area contributed by atoms with Crippen molar-refractivity contribution in [3.63, 3.8) is 0 Å². The predicted octanol–water partition coefficient (Wildman–Crippen LogP) is 0.0869. The monoisotopic (exact) mass is 127 g/mol. The first-order valence-corrected chi connectivity index (χ1v) is 3.47. The molecule has 0 aromatic rings. The maximum absolute atomic E-state index is 10.9. The summed E-state index contributed by atoms with van der Waals surface area (Å²) in [5, 5.41) is 2.63. The van der Waals surface area contributed by atoms with Crippen LogP contribution in [0.4, 0.5) is 0 Å². The van der Waals surface area contributed by atoms with Crippen molar-refractivity contribution >= 4 is 13.9 Å². The highest BCUT2D eigenvalue weighted by Crippen LogP contribution is 2.05. The molecule has 1 amide bonds. The second-order valence-corrected chi connectivity index (χ2v) is 2.13. The van der Waals surface area contributed by atoms with Gasteiger partial charge in [-0.1, -0.05) is 13.8 Å². The Morgan fingerprint density at radius 3 is 2.11 bits per heavy atom. The molecule has 9 heavy (non-hydrogen) atoms. The molecule has 0 saturated heterocycles. The molecule has 0 aromatic carbocycles. The number of carbonyl (C=O) groups is 1. The van der Waals surface area contributed by atoms with E-state index in [9.17, 15) is 4.79 Å². The molecular formula is C6H14BNO. The minimum atomic E-state index is 0.167. The highest BCUT2D eigenvalue weighted by molar-refractivity contribution is 6.14. The lowest BCUT2D eigenvalue weighted by atomic mass is 10.0. The number of rotatable bonds is 3. The van der Waals surface area contributed by atoms with E-state index in [1.807, 2.05) is 13.8 Å². The second-order valence-electron chi connectivity index (χ2n) is 2.13. The molecule has 0 aliphatic carbocycles. The first-order chi connectivity index (χ1) is 4.26. The van der Waals surface area contributed by atoms with Crippen molar-refractivity contribution in [2.45, 2.75) is 26.7 Å². The summed E-state index contributed by atoms with van der Waals surface area (Å²) in [6, 6.07) is 0. The molecule has 0 rings (SSSR count). The fraction of sp³-hybridized carbons (Fsp3) is 0.833. The lowest BCUT2D eigenvalue weighted by Gasteiger charge is -2.08. The molecule has 2 nitrogen and oxygen atoms in total. The maximum Gasteiger partial charge on any atom is 0.217 e. The van der Waals surface area contributed by atoms with Gasteiger partial charge in [-0.2, -0.15) is 0 Å². The number of hydrogen-bond donors (Lipinski definition) is 1. The van der Waals surface area contributed by atoms with Crippen LogP contribution in [0.15, 0.2) is 0 Å². The largest absolute Gasteiger partial charge is 0.406 e. The fourth-order valence-corrected chi connectivity index (χ4v) is 0.864. The summed E-state index contributed by atoms with van der Waals surface area (Å²) in [6.07, 6.45) is 1.88. The third-order valence-corrected chi connectivity index (χ3v) is 1.60. The van der Waals surface area contributed by atoms with Crippen LogP contribution in [0.25, 0.3) is 0 Å². The molecule has 0 saturated carbocycles. The maximum atomic E-state index is 10.9. The van der Waals surface area contributed by atoms with Gasteiger partial charge in [0.05, 0.1) is 0 Å². The molecule has 0 heterocycles. The normalized spacial score (nSPS) is 9.67. The van der Waals surface area contributed by atoms with E-state index in [1.54, 1.807) is 7.98 Å². The van der Waals surface area contributed by atoms with Crippen molar-refractivity contribution < 1.29 is 4.79 Å². The Morgan fingerprint density at radius 2 is 2.00 bits per heavy atom. The van der Waals surface area contributed by atoms with Crippen LogP contribution in [0.1, 0.15) is 26.7 Å². The molecule has 1 N–H and O–H groups in total. The van der Waals surface area contributed by atoms with Gasteiger partial charge in [0.15, 0.2) is 0 Å². The quantitative estimate of drug-likeness (QED) is 0.534. The van der Waals surface area contributed by atoms with Crippen LogP contribution in [0.5, 0.6) is 0 Å². The fourth-order valence-electron chi connectivity index (χ4n) is 0.864. The van der Waals surface area contributed by atoms with E-state index in [-0.39, 0.29) is 11.8 Å². The van der Waals surface area contributed by atoms with Gasteiger partial charge in [0.25, 0.3) is 0 Å². The lowest BCUT2D eigenvalue weighted by molar-refractivity contribution is -0.123. The van der Waals surface area contributed by atoms with Crippen LogP contribution in [-0.2, 0) is 4.79 Å². The summed E-state index contributed by atoms with van der Waals surface area (Å²) in [6.45, 7) is 4.06. The third-order valence-electron chi connectivity index (χ3n) is 1.60. The van der Waals surface area contributed by atoms with Crippen LogP contribution in [0.2, 0.25) is 0 Å². The molecule has 0 aliphatic rings. The number of carbonyl (C=O) groups excluding carboxylic acids is 1. The molecule has 0 aliphatic heterocycles. The first kappa shape index (κ1) is 8.53. The van der Waals surface area contributed by atoms with Crippen molar-refractivity contribution in [1.82, 2.24) is 5.23 Å². The van der Waals surface area contributed by atoms with E-state index in [0.29, 0.717) is 0 Å². The van der Waals surface area contributed by atoms with Crippen LogP contribution in [-0.4, -0.2) is 13.9 Å². The summed E-state index contributed by atoms with van der Waals surface area (Å²) in [5.74, 6) is 0.384. The van der Waals surface area contributed by atoms with E-state index in [2.05, 4.69) is 5.23 Å². The van der Waals surface area contributed by atoms with Crippen LogP contribution < -0.4 is 5.23 Å². The standard InChI is InChI=1S/C6H14BNO/c1-3-5(4-2)6(9)8-7/h5H,3-4,7H2,1-2H3,(H,8,9). The summed E-state index contributed by atoms with van der Waals surface area (Å²) < 4.78 is 0. The van der Waals surface area contributed by atoms with Gasteiger partial charge in [-0.05, 0) is 12.8 Å². The SMILES string of the molecule is BNC(=O)C(CC)CC. The predicted molar refractivity (Wildman–Crippen MR) is 40.8 cm³/mol. The average Bonchev–Trinajstić information content (AvgIpc) is 1.90. The van der Waals surface area contributed by atoms with Gasteiger partial charge in [0.1, 0.15) is 0 Å². The molecule has 0 atom stereocenters. The summed E-state index contributed by atoms with van der Waals surface area (Å²) in [5.41, 5.74) is 0. The zero-order chi connectivity index (χ0) is 7.28. The van der Waals surface area contributed by atoms with Crippen LogP contribution in [0.3, 0.4) is 0 Å². The van der Waals surface area contributed by atoms with Gasteiger partial charge in [0, 0.05) is 5.92 Å². The lowest BCUT2D eigenvalue weighted by Crippen LogP contribution is -2.27. The van der Waals surface area contributed by atoms with E-state index in [1.165, 1.54) is 0 Å². The van der Waals surface area contributed by atoms with E-state index in [0.717, 1.165) is 12.8 Å². The Balaban J connectivity index is 3.64. The summed E-state index contributed by atoms with van der Waals surface area (Å²) in [4.78, 5) is 10.9. The Kier molecular flexibility index (Phi) is 4.19. The van der Waals surface area contributed by atoms with Gasteiger partial charge in [0.2, 0.25) is 13.9 Å². The zero-order valence-electron chi connectivity index (χ0n) is 6.40. The summed E-state index contributed by atoms with van der Waals surface area (Å²) in [7, 11) is 1.68. The van der Waals surface area contributed by atoms with Gasteiger partial charge in [-0.25, -0.2) is 0 Å². The molecule has 3 heteroatoms. The smallest absolute Gasteiger partial charge is 0.217 e. The molecule has 0 bridgehead atoms. The zero-order valence-corrected chi connectivity index (χ0v) is 6.40. The van der Waals surface area contributed by atoms with E-state index < -0.39 is 0 Å². The first-order valence-electron chi connectivity index (χ1n) is 3.47. The number of hydrogen-bond acceptors (Lipinski definition) is 1. The Bertz CT molecular complexity index is 91.1. The molecule has 0 fully saturated rings. The Hall–Kier alpha value is -0.465. The number of amides is 1.